The molecule has 0 unspecified atom stereocenters. The highest BCUT2D eigenvalue weighted by Crippen LogP contribution is 2.25. The molecule has 0 amide bonds. The maximum Gasteiger partial charge on any atom is 0.263 e. The lowest BCUT2D eigenvalue weighted by atomic mass is 10.1. The highest BCUT2D eigenvalue weighted by Gasteiger charge is 2.20. The van der Waals surface area contributed by atoms with Gasteiger partial charge in [0.15, 0.2) is 5.13 Å². The van der Waals surface area contributed by atoms with Crippen molar-refractivity contribution in [2.24, 2.45) is 0 Å². The quantitative estimate of drug-likeness (QED) is 0.844. The zero-order chi connectivity index (χ0) is 15.5. The molecule has 2 rings (SSSR count). The average Bonchev–Trinajstić information content (AvgIpc) is 2.83. The number of hydrogen-bond acceptors (Lipinski definition) is 6. The second kappa shape index (κ2) is 6.42. The summed E-state index contributed by atoms with van der Waals surface area (Å²) in [4.78, 5) is 4.20. The molecule has 6 nitrogen and oxygen atoms in total. The number of nitrogens with one attached hydrogen (secondary N) is 1. The number of methoxy groups -OCH3 is 1. The van der Waals surface area contributed by atoms with Crippen LogP contribution >= 0.6 is 11.3 Å². The van der Waals surface area contributed by atoms with Gasteiger partial charge in [-0.1, -0.05) is 0 Å². The third-order valence-corrected chi connectivity index (χ3v) is 5.22. The van der Waals surface area contributed by atoms with Crippen LogP contribution in [0.15, 0.2) is 28.5 Å². The maximum atomic E-state index is 12.4. The van der Waals surface area contributed by atoms with E-state index in [4.69, 9.17) is 9.84 Å². The van der Waals surface area contributed by atoms with Crippen molar-refractivity contribution in [1.82, 2.24) is 4.98 Å². The molecule has 0 radical (unpaired) electrons. The smallest absolute Gasteiger partial charge is 0.263 e. The van der Waals surface area contributed by atoms with Crippen LogP contribution in [0.3, 0.4) is 0 Å². The van der Waals surface area contributed by atoms with E-state index in [1.807, 2.05) is 0 Å². The molecule has 0 aliphatic heterocycles. The van der Waals surface area contributed by atoms with E-state index in [1.54, 1.807) is 24.4 Å². The zero-order valence-electron chi connectivity index (χ0n) is 11.7. The third-order valence-electron chi connectivity index (χ3n) is 2.78. The minimum Gasteiger partial charge on any atom is -0.497 e. The van der Waals surface area contributed by atoms with Gasteiger partial charge in [0.2, 0.25) is 0 Å². The molecule has 2 aromatic rings. The summed E-state index contributed by atoms with van der Waals surface area (Å²) in [5.74, 6) is 0.544. The first-order chi connectivity index (χ1) is 9.96. The third kappa shape index (κ3) is 3.72. The highest BCUT2D eigenvalue weighted by atomic mass is 32.2. The molecule has 0 atom stereocenters. The van der Waals surface area contributed by atoms with Crippen molar-refractivity contribution in [3.63, 3.8) is 0 Å². The lowest BCUT2D eigenvalue weighted by molar-refractivity contribution is 0.298. The molecule has 0 saturated carbocycles. The largest absolute Gasteiger partial charge is 0.497 e. The van der Waals surface area contributed by atoms with Gasteiger partial charge in [0, 0.05) is 12.0 Å². The van der Waals surface area contributed by atoms with E-state index in [-0.39, 0.29) is 17.9 Å². The number of benzene rings is 1. The Kier molecular flexibility index (Phi) is 4.81. The van der Waals surface area contributed by atoms with Crippen molar-refractivity contribution in [2.75, 3.05) is 18.4 Å². The predicted octanol–water partition coefficient (Wildman–Crippen LogP) is 1.80. The Balaban J connectivity index is 2.38. The molecule has 21 heavy (non-hydrogen) atoms. The standard InChI is InChI=1S/C13H16N2O4S2/c1-9-8-20-13(14-9)15-21(17,18)12-4-3-11(19-2)7-10(12)5-6-16/h3-4,7-8,16H,5-6H2,1-2H3,(H,14,15). The number of rotatable bonds is 6. The Morgan fingerprint density at radius 2 is 2.19 bits per heavy atom. The number of ether oxygens (including phenoxy) is 1. The molecule has 0 spiro atoms. The summed E-state index contributed by atoms with van der Waals surface area (Å²) in [5, 5.41) is 11.2. The van der Waals surface area contributed by atoms with E-state index in [0.717, 1.165) is 5.69 Å². The Morgan fingerprint density at radius 1 is 1.43 bits per heavy atom. The molecule has 1 heterocycles. The van der Waals surface area contributed by atoms with Crippen LogP contribution in [0, 0.1) is 6.92 Å². The zero-order valence-corrected chi connectivity index (χ0v) is 13.3. The number of thiazole rings is 1. The van der Waals surface area contributed by atoms with E-state index in [0.29, 0.717) is 16.4 Å². The Labute approximate surface area is 127 Å². The highest BCUT2D eigenvalue weighted by molar-refractivity contribution is 7.93. The summed E-state index contributed by atoms with van der Waals surface area (Å²) in [6.45, 7) is 1.64. The van der Waals surface area contributed by atoms with Gasteiger partial charge in [0.1, 0.15) is 5.75 Å². The first-order valence-corrected chi connectivity index (χ1v) is 8.55. The fourth-order valence-corrected chi connectivity index (χ4v) is 4.02. The van der Waals surface area contributed by atoms with Crippen LogP contribution in [0.1, 0.15) is 11.3 Å². The van der Waals surface area contributed by atoms with E-state index < -0.39 is 10.0 Å². The fourth-order valence-electron chi connectivity index (χ4n) is 1.83. The number of anilines is 1. The summed E-state index contributed by atoms with van der Waals surface area (Å²) in [7, 11) is -2.24. The van der Waals surface area contributed by atoms with Crippen LogP contribution in [0.25, 0.3) is 0 Å². The Morgan fingerprint density at radius 3 is 2.76 bits per heavy atom. The van der Waals surface area contributed by atoms with Gasteiger partial charge in [-0.05, 0) is 37.1 Å². The first-order valence-electron chi connectivity index (χ1n) is 6.19. The monoisotopic (exact) mass is 328 g/mol. The van der Waals surface area contributed by atoms with Gasteiger partial charge >= 0.3 is 0 Å². The van der Waals surface area contributed by atoms with Crippen LogP contribution in [0.5, 0.6) is 5.75 Å². The molecular weight excluding hydrogens is 312 g/mol. The fraction of sp³-hybridized carbons (Fsp3) is 0.308. The van der Waals surface area contributed by atoms with Crippen LogP contribution in [-0.4, -0.2) is 32.2 Å². The van der Waals surface area contributed by atoms with Crippen molar-refractivity contribution >= 4 is 26.5 Å². The van der Waals surface area contributed by atoms with Gasteiger partial charge < -0.3 is 9.84 Å². The second-order valence-electron chi connectivity index (χ2n) is 4.35. The van der Waals surface area contributed by atoms with Gasteiger partial charge in [-0.15, -0.1) is 11.3 Å². The van der Waals surface area contributed by atoms with Crippen molar-refractivity contribution in [3.8, 4) is 5.75 Å². The minimum atomic E-state index is -3.75. The molecular formula is C13H16N2O4S2. The van der Waals surface area contributed by atoms with Crippen molar-refractivity contribution < 1.29 is 18.3 Å². The molecule has 1 aromatic carbocycles. The summed E-state index contributed by atoms with van der Waals surface area (Å²) >= 11 is 1.22. The number of sulfonamides is 1. The lowest BCUT2D eigenvalue weighted by Gasteiger charge is -2.11. The number of nitrogens with zero attached hydrogens (tertiary/aromatic N) is 1. The molecule has 1 aromatic heterocycles. The first kappa shape index (κ1) is 15.7. The Bertz CT molecular complexity index is 726. The Hall–Kier alpha value is -1.64. The number of hydrogen-bond donors (Lipinski definition) is 2. The summed E-state index contributed by atoms with van der Waals surface area (Å²) in [6.07, 6.45) is 0.227. The molecule has 8 heteroatoms. The summed E-state index contributed by atoms with van der Waals surface area (Å²) < 4.78 is 32.4. The van der Waals surface area contributed by atoms with Crippen LogP contribution in [0.2, 0.25) is 0 Å². The minimum absolute atomic E-state index is 0.116. The number of aliphatic hydroxyl groups excluding tert-OH is 1. The normalized spacial score (nSPS) is 11.4. The SMILES string of the molecule is COc1ccc(S(=O)(=O)Nc2nc(C)cs2)c(CCO)c1. The summed E-state index contributed by atoms with van der Waals surface area (Å²) in [6, 6.07) is 4.65. The van der Waals surface area contributed by atoms with Crippen molar-refractivity contribution in [3.05, 3.63) is 34.8 Å². The van der Waals surface area contributed by atoms with E-state index in [1.165, 1.54) is 24.5 Å². The molecule has 0 aliphatic carbocycles. The van der Waals surface area contributed by atoms with Crippen LogP contribution in [0.4, 0.5) is 5.13 Å². The predicted molar refractivity (Wildman–Crippen MR) is 81.4 cm³/mol. The summed E-state index contributed by atoms with van der Waals surface area (Å²) in [5.41, 5.74) is 1.25. The number of aryl methyl sites for hydroxylation is 1. The van der Waals surface area contributed by atoms with Crippen molar-refractivity contribution in [2.45, 2.75) is 18.2 Å². The van der Waals surface area contributed by atoms with E-state index >= 15 is 0 Å². The lowest BCUT2D eigenvalue weighted by Crippen LogP contribution is -2.15. The average molecular weight is 328 g/mol. The van der Waals surface area contributed by atoms with Crippen LogP contribution < -0.4 is 9.46 Å². The van der Waals surface area contributed by atoms with Crippen LogP contribution in [-0.2, 0) is 16.4 Å². The van der Waals surface area contributed by atoms with Gasteiger partial charge in [0.25, 0.3) is 10.0 Å². The topological polar surface area (TPSA) is 88.5 Å². The number of aromatic nitrogens is 1. The molecule has 0 saturated heterocycles. The molecule has 2 N–H and O–H groups in total. The molecule has 114 valence electrons. The van der Waals surface area contributed by atoms with E-state index in [9.17, 15) is 8.42 Å². The van der Waals surface area contributed by atoms with Gasteiger partial charge in [-0.2, -0.15) is 0 Å². The van der Waals surface area contributed by atoms with Gasteiger partial charge in [-0.25, -0.2) is 13.4 Å². The molecule has 0 fully saturated rings. The van der Waals surface area contributed by atoms with Crippen molar-refractivity contribution in [1.29, 1.82) is 0 Å². The molecule has 0 bridgehead atoms. The number of aliphatic hydroxyl groups is 1. The van der Waals surface area contributed by atoms with Gasteiger partial charge in [-0.3, -0.25) is 4.72 Å². The molecule has 0 aliphatic rings. The van der Waals surface area contributed by atoms with Gasteiger partial charge in [0.05, 0.1) is 17.7 Å². The maximum absolute atomic E-state index is 12.4. The second-order valence-corrected chi connectivity index (χ2v) is 6.86. The van der Waals surface area contributed by atoms with E-state index in [2.05, 4.69) is 9.71 Å².